The summed E-state index contributed by atoms with van der Waals surface area (Å²) < 4.78 is 5.57. The molecule has 0 radical (unpaired) electrons. The van der Waals surface area contributed by atoms with Crippen molar-refractivity contribution in [1.29, 1.82) is 0 Å². The second-order valence-corrected chi connectivity index (χ2v) is 5.06. The Morgan fingerprint density at radius 2 is 2.17 bits per heavy atom. The van der Waals surface area contributed by atoms with Gasteiger partial charge in [0.2, 0.25) is 0 Å². The summed E-state index contributed by atoms with van der Waals surface area (Å²) in [4.78, 5) is 8.65. The molecule has 1 heterocycles. The molecule has 1 aromatic heterocycles. The predicted molar refractivity (Wildman–Crippen MR) is 73.2 cm³/mol. The van der Waals surface area contributed by atoms with Crippen LogP contribution in [0.15, 0.2) is 0 Å². The molecule has 2 rings (SSSR count). The third-order valence-electron chi connectivity index (χ3n) is 3.04. The molecule has 0 bridgehead atoms. The first-order valence-corrected chi connectivity index (χ1v) is 6.93. The lowest BCUT2D eigenvalue weighted by Gasteiger charge is -2.11. The summed E-state index contributed by atoms with van der Waals surface area (Å²) in [6.45, 7) is 6.30. The van der Waals surface area contributed by atoms with E-state index in [0.29, 0.717) is 11.8 Å². The summed E-state index contributed by atoms with van der Waals surface area (Å²) in [6, 6.07) is 0. The molecule has 1 aromatic rings. The number of halogens is 1. The highest BCUT2D eigenvalue weighted by molar-refractivity contribution is 6.30. The van der Waals surface area contributed by atoms with E-state index in [4.69, 9.17) is 16.3 Å². The zero-order valence-electron chi connectivity index (χ0n) is 11.0. The van der Waals surface area contributed by atoms with Crippen LogP contribution in [-0.2, 0) is 11.2 Å². The van der Waals surface area contributed by atoms with E-state index >= 15 is 0 Å². The fraction of sp³-hybridized carbons (Fsp3) is 0.692. The normalized spacial score (nSPS) is 14.8. The molecular formula is C13H20ClN3O. The number of aromatic nitrogens is 2. The number of aryl methyl sites for hydroxylation is 1. The van der Waals surface area contributed by atoms with E-state index in [1.807, 2.05) is 13.8 Å². The van der Waals surface area contributed by atoms with Gasteiger partial charge in [0.25, 0.3) is 0 Å². The van der Waals surface area contributed by atoms with Crippen LogP contribution in [0, 0.1) is 12.8 Å². The van der Waals surface area contributed by atoms with E-state index in [1.54, 1.807) is 0 Å². The highest BCUT2D eigenvalue weighted by Crippen LogP contribution is 2.28. The van der Waals surface area contributed by atoms with Crippen molar-refractivity contribution < 1.29 is 4.74 Å². The average molecular weight is 270 g/mol. The molecule has 1 fully saturated rings. The van der Waals surface area contributed by atoms with Crippen molar-refractivity contribution in [2.75, 3.05) is 25.1 Å². The molecule has 18 heavy (non-hydrogen) atoms. The van der Waals surface area contributed by atoms with E-state index in [9.17, 15) is 0 Å². The molecule has 5 heteroatoms. The molecule has 0 aliphatic heterocycles. The maximum Gasteiger partial charge on any atom is 0.137 e. The number of rotatable bonds is 7. The van der Waals surface area contributed by atoms with Gasteiger partial charge in [-0.1, -0.05) is 18.5 Å². The molecular weight excluding hydrogens is 250 g/mol. The van der Waals surface area contributed by atoms with Crippen molar-refractivity contribution in [3.8, 4) is 0 Å². The molecule has 1 aliphatic rings. The number of hydrogen-bond donors (Lipinski definition) is 1. The van der Waals surface area contributed by atoms with Crippen molar-refractivity contribution in [1.82, 2.24) is 9.97 Å². The van der Waals surface area contributed by atoms with Crippen molar-refractivity contribution in [3.63, 3.8) is 0 Å². The van der Waals surface area contributed by atoms with Gasteiger partial charge in [-0.3, -0.25) is 0 Å². The Bertz CT molecular complexity index is 407. The molecule has 0 unspecified atom stereocenters. The van der Waals surface area contributed by atoms with E-state index in [-0.39, 0.29) is 0 Å². The van der Waals surface area contributed by atoms with Gasteiger partial charge in [-0.05, 0) is 25.7 Å². The van der Waals surface area contributed by atoms with Gasteiger partial charge >= 0.3 is 0 Å². The van der Waals surface area contributed by atoms with Crippen molar-refractivity contribution in [2.24, 2.45) is 5.92 Å². The Labute approximate surface area is 113 Å². The van der Waals surface area contributed by atoms with Gasteiger partial charge in [-0.2, -0.15) is 0 Å². The Morgan fingerprint density at radius 1 is 1.39 bits per heavy atom. The Hall–Kier alpha value is -0.870. The first-order chi connectivity index (χ1) is 8.70. The maximum absolute atomic E-state index is 6.07. The van der Waals surface area contributed by atoms with Gasteiger partial charge in [-0.25, -0.2) is 9.97 Å². The quantitative estimate of drug-likeness (QED) is 0.611. The van der Waals surface area contributed by atoms with E-state index < -0.39 is 0 Å². The van der Waals surface area contributed by atoms with Crippen molar-refractivity contribution in [3.05, 3.63) is 16.5 Å². The van der Waals surface area contributed by atoms with Crippen molar-refractivity contribution >= 4 is 17.4 Å². The second kappa shape index (κ2) is 6.34. The number of ether oxygens (including phenoxy) is 1. The van der Waals surface area contributed by atoms with Gasteiger partial charge in [0.05, 0.1) is 6.61 Å². The SMILES string of the molecule is CCc1nc(Cl)c(C)c(NCCOCC2CC2)n1. The Morgan fingerprint density at radius 3 is 2.83 bits per heavy atom. The standard InChI is InChI=1S/C13H20ClN3O/c1-3-11-16-12(14)9(2)13(17-11)15-6-7-18-8-10-4-5-10/h10H,3-8H2,1-2H3,(H,15,16,17). The number of hydrogen-bond acceptors (Lipinski definition) is 4. The van der Waals surface area contributed by atoms with Gasteiger partial charge in [0.15, 0.2) is 0 Å². The molecule has 4 nitrogen and oxygen atoms in total. The minimum atomic E-state index is 0.531. The van der Waals surface area contributed by atoms with Gasteiger partial charge in [0.1, 0.15) is 16.8 Å². The van der Waals surface area contributed by atoms with Crippen LogP contribution in [0.3, 0.4) is 0 Å². The zero-order valence-corrected chi connectivity index (χ0v) is 11.8. The molecule has 100 valence electrons. The summed E-state index contributed by atoms with van der Waals surface area (Å²) in [7, 11) is 0. The summed E-state index contributed by atoms with van der Waals surface area (Å²) in [5, 5.41) is 3.79. The topological polar surface area (TPSA) is 47.0 Å². The van der Waals surface area contributed by atoms with E-state index in [2.05, 4.69) is 15.3 Å². The highest BCUT2D eigenvalue weighted by atomic mass is 35.5. The lowest BCUT2D eigenvalue weighted by atomic mass is 10.3. The molecule has 1 saturated carbocycles. The first-order valence-electron chi connectivity index (χ1n) is 6.55. The minimum Gasteiger partial charge on any atom is -0.379 e. The predicted octanol–water partition coefficient (Wildman–Crippen LogP) is 2.84. The molecule has 0 amide bonds. The molecule has 0 aromatic carbocycles. The fourth-order valence-corrected chi connectivity index (χ4v) is 1.83. The second-order valence-electron chi connectivity index (χ2n) is 4.70. The van der Waals surface area contributed by atoms with Gasteiger partial charge < -0.3 is 10.1 Å². The molecule has 0 saturated heterocycles. The average Bonchev–Trinajstić information content (AvgIpc) is 3.17. The Kier molecular flexibility index (Phi) is 4.78. The van der Waals surface area contributed by atoms with E-state index in [1.165, 1.54) is 12.8 Å². The third-order valence-corrected chi connectivity index (χ3v) is 3.41. The monoisotopic (exact) mass is 269 g/mol. The molecule has 1 aliphatic carbocycles. The lowest BCUT2D eigenvalue weighted by Crippen LogP contribution is -2.13. The summed E-state index contributed by atoms with van der Waals surface area (Å²) in [5.41, 5.74) is 0.899. The molecule has 0 spiro atoms. The third kappa shape index (κ3) is 3.82. The van der Waals surface area contributed by atoms with Crippen LogP contribution in [0.2, 0.25) is 5.15 Å². The maximum atomic E-state index is 6.07. The number of anilines is 1. The summed E-state index contributed by atoms with van der Waals surface area (Å²) in [6.07, 6.45) is 3.44. The van der Waals surface area contributed by atoms with Gasteiger partial charge in [-0.15, -0.1) is 0 Å². The number of nitrogens with zero attached hydrogens (tertiary/aromatic N) is 2. The highest BCUT2D eigenvalue weighted by Gasteiger charge is 2.20. The summed E-state index contributed by atoms with van der Waals surface area (Å²) in [5.74, 6) is 2.40. The van der Waals surface area contributed by atoms with Crippen LogP contribution in [0.25, 0.3) is 0 Å². The van der Waals surface area contributed by atoms with E-state index in [0.717, 1.165) is 42.7 Å². The van der Waals surface area contributed by atoms with Gasteiger partial charge in [0, 0.05) is 25.1 Å². The number of nitrogens with one attached hydrogen (secondary N) is 1. The van der Waals surface area contributed by atoms with Crippen molar-refractivity contribution in [2.45, 2.75) is 33.1 Å². The Balaban J connectivity index is 1.81. The van der Waals surface area contributed by atoms with Crippen LogP contribution in [-0.4, -0.2) is 29.7 Å². The van der Waals surface area contributed by atoms with Crippen LogP contribution in [0.5, 0.6) is 0 Å². The van der Waals surface area contributed by atoms with Crippen LogP contribution < -0.4 is 5.32 Å². The molecule has 1 N–H and O–H groups in total. The minimum absolute atomic E-state index is 0.531. The lowest BCUT2D eigenvalue weighted by molar-refractivity contribution is 0.134. The summed E-state index contributed by atoms with van der Waals surface area (Å²) >= 11 is 6.07. The smallest absolute Gasteiger partial charge is 0.137 e. The van der Waals surface area contributed by atoms with Crippen LogP contribution >= 0.6 is 11.6 Å². The van der Waals surface area contributed by atoms with Crippen LogP contribution in [0.4, 0.5) is 5.82 Å². The fourth-order valence-electron chi connectivity index (χ4n) is 1.64. The van der Waals surface area contributed by atoms with Crippen LogP contribution in [0.1, 0.15) is 31.2 Å². The zero-order chi connectivity index (χ0) is 13.0. The molecule has 0 atom stereocenters. The largest absolute Gasteiger partial charge is 0.379 e. The first kappa shape index (κ1) is 13.6.